The summed E-state index contributed by atoms with van der Waals surface area (Å²) in [7, 11) is 0.464. The number of hydrogen-bond donors (Lipinski definition) is 1. The Morgan fingerprint density at radius 2 is 1.68 bits per heavy atom. The average molecular weight is 286 g/mol. The molecule has 0 aliphatic rings. The maximum Gasteiger partial charge on any atom is 0.243 e. The first-order valence-corrected chi connectivity index (χ1v) is 7.76. The summed E-state index contributed by atoms with van der Waals surface area (Å²) in [5, 5.41) is 9.21. The molecule has 6 heteroatoms. The zero-order chi connectivity index (χ0) is 14.5. The van der Waals surface area contributed by atoms with Crippen LogP contribution >= 0.6 is 0 Å². The van der Waals surface area contributed by atoms with Crippen LogP contribution in [0.5, 0.6) is 5.75 Å². The van der Waals surface area contributed by atoms with Gasteiger partial charge in [-0.2, -0.15) is 4.31 Å². The lowest BCUT2D eigenvalue weighted by Crippen LogP contribution is -2.33. The van der Waals surface area contributed by atoms with E-state index in [1.165, 1.54) is 28.6 Å². The first-order chi connectivity index (χ1) is 8.87. The Kier molecular flexibility index (Phi) is 5.78. The topological polar surface area (TPSA) is 60.9 Å². The first kappa shape index (κ1) is 15.9. The zero-order valence-electron chi connectivity index (χ0n) is 11.7. The van der Waals surface area contributed by atoms with E-state index in [9.17, 15) is 13.5 Å². The average Bonchev–Trinajstić information content (AvgIpc) is 2.34. The van der Waals surface area contributed by atoms with Gasteiger partial charge in [0.15, 0.2) is 0 Å². The molecule has 0 aliphatic heterocycles. The lowest BCUT2D eigenvalue weighted by atomic mass is 10.3. The van der Waals surface area contributed by atoms with Crippen LogP contribution in [0.25, 0.3) is 0 Å². The van der Waals surface area contributed by atoms with Gasteiger partial charge in [-0.25, -0.2) is 8.42 Å². The summed E-state index contributed by atoms with van der Waals surface area (Å²) in [5.74, 6) is 0.0645. The summed E-state index contributed by atoms with van der Waals surface area (Å²) in [4.78, 5) is 2.25. The van der Waals surface area contributed by atoms with Gasteiger partial charge < -0.3 is 10.0 Å². The smallest absolute Gasteiger partial charge is 0.243 e. The molecule has 0 bridgehead atoms. The molecular formula is C13H22N2O3S. The van der Waals surface area contributed by atoms with E-state index in [-0.39, 0.29) is 10.6 Å². The molecule has 19 heavy (non-hydrogen) atoms. The third-order valence-corrected chi connectivity index (χ3v) is 4.83. The van der Waals surface area contributed by atoms with E-state index in [1.54, 1.807) is 0 Å². The van der Waals surface area contributed by atoms with Gasteiger partial charge in [0.25, 0.3) is 0 Å². The van der Waals surface area contributed by atoms with Gasteiger partial charge in [0.1, 0.15) is 5.75 Å². The molecule has 0 atom stereocenters. The second-order valence-corrected chi connectivity index (χ2v) is 6.59. The van der Waals surface area contributed by atoms with Crippen molar-refractivity contribution in [2.45, 2.75) is 18.2 Å². The summed E-state index contributed by atoms with van der Waals surface area (Å²) in [6.07, 6.45) is 0.790. The molecule has 108 valence electrons. The molecule has 1 N–H and O–H groups in total. The van der Waals surface area contributed by atoms with Crippen LogP contribution in [0.1, 0.15) is 13.3 Å². The quantitative estimate of drug-likeness (QED) is 0.822. The molecule has 0 spiro atoms. The fourth-order valence-corrected chi connectivity index (χ4v) is 3.27. The minimum atomic E-state index is -3.46. The number of aromatic hydroxyl groups is 1. The predicted molar refractivity (Wildman–Crippen MR) is 75.7 cm³/mol. The third kappa shape index (κ3) is 4.49. The summed E-state index contributed by atoms with van der Waals surface area (Å²) < 4.78 is 26.2. The second-order valence-electron chi connectivity index (χ2n) is 4.65. The molecule has 1 aromatic carbocycles. The summed E-state index contributed by atoms with van der Waals surface area (Å²) in [5.41, 5.74) is 0. The Morgan fingerprint density at radius 1 is 1.11 bits per heavy atom. The number of sulfonamides is 1. The Labute approximate surface area is 115 Å². The zero-order valence-corrected chi connectivity index (χ0v) is 12.5. The van der Waals surface area contributed by atoms with Crippen LogP contribution < -0.4 is 0 Å². The lowest BCUT2D eigenvalue weighted by Gasteiger charge is -2.21. The van der Waals surface area contributed by atoms with E-state index in [4.69, 9.17) is 0 Å². The maximum absolute atomic E-state index is 12.4. The van der Waals surface area contributed by atoms with E-state index < -0.39 is 10.0 Å². The highest BCUT2D eigenvalue weighted by Gasteiger charge is 2.22. The van der Waals surface area contributed by atoms with Crippen molar-refractivity contribution in [2.75, 3.05) is 33.7 Å². The molecule has 0 fully saturated rings. The Hall–Kier alpha value is -1.11. The highest BCUT2D eigenvalue weighted by Crippen LogP contribution is 2.18. The van der Waals surface area contributed by atoms with Gasteiger partial charge >= 0.3 is 0 Å². The minimum absolute atomic E-state index is 0.0645. The molecule has 0 radical (unpaired) electrons. The molecule has 0 aliphatic carbocycles. The van der Waals surface area contributed by atoms with E-state index in [2.05, 4.69) is 0 Å². The van der Waals surface area contributed by atoms with Gasteiger partial charge in [-0.1, -0.05) is 6.92 Å². The van der Waals surface area contributed by atoms with Crippen molar-refractivity contribution in [1.82, 2.24) is 9.21 Å². The van der Waals surface area contributed by atoms with Gasteiger partial charge in [0.05, 0.1) is 4.90 Å². The second kappa shape index (κ2) is 6.88. The molecule has 1 rings (SSSR count). The van der Waals surface area contributed by atoms with Gasteiger partial charge in [-0.15, -0.1) is 0 Å². The largest absolute Gasteiger partial charge is 0.508 e. The number of hydrogen-bond acceptors (Lipinski definition) is 4. The highest BCUT2D eigenvalue weighted by atomic mass is 32.2. The lowest BCUT2D eigenvalue weighted by molar-refractivity contribution is 0.356. The molecule has 1 aromatic rings. The van der Waals surface area contributed by atoms with Crippen LogP contribution in [-0.4, -0.2) is 56.5 Å². The summed E-state index contributed by atoms with van der Waals surface area (Å²) in [6, 6.07) is 5.64. The number of phenolic OH excluding ortho intramolecular Hbond substituents is 1. The Balaban J connectivity index is 2.80. The van der Waals surface area contributed by atoms with E-state index >= 15 is 0 Å². The highest BCUT2D eigenvalue weighted by molar-refractivity contribution is 7.89. The molecular weight excluding hydrogens is 264 g/mol. The minimum Gasteiger partial charge on any atom is -0.508 e. The van der Waals surface area contributed by atoms with Gasteiger partial charge in [-0.05, 0) is 51.3 Å². The fourth-order valence-electron chi connectivity index (χ4n) is 1.78. The molecule has 0 saturated carbocycles. The Bertz CT molecular complexity index is 483. The first-order valence-electron chi connectivity index (χ1n) is 6.32. The molecule has 0 amide bonds. The van der Waals surface area contributed by atoms with E-state index in [0.29, 0.717) is 13.1 Å². The van der Waals surface area contributed by atoms with Crippen LogP contribution in [0.4, 0.5) is 0 Å². The van der Waals surface area contributed by atoms with Crippen molar-refractivity contribution in [3.63, 3.8) is 0 Å². The monoisotopic (exact) mass is 286 g/mol. The Morgan fingerprint density at radius 3 is 2.16 bits per heavy atom. The normalized spacial score (nSPS) is 12.3. The van der Waals surface area contributed by atoms with Gasteiger partial charge in [0, 0.05) is 13.1 Å². The molecule has 0 heterocycles. The number of nitrogens with zero attached hydrogens (tertiary/aromatic N) is 2. The van der Waals surface area contributed by atoms with Gasteiger partial charge in [0.2, 0.25) is 10.0 Å². The number of benzene rings is 1. The van der Waals surface area contributed by atoms with Crippen molar-refractivity contribution in [3.8, 4) is 5.75 Å². The van der Waals surface area contributed by atoms with Crippen molar-refractivity contribution < 1.29 is 13.5 Å². The van der Waals surface area contributed by atoms with Crippen LogP contribution in [-0.2, 0) is 10.0 Å². The summed E-state index contributed by atoms with van der Waals surface area (Å²) >= 11 is 0. The van der Waals surface area contributed by atoms with Crippen LogP contribution in [0.15, 0.2) is 29.2 Å². The fraction of sp³-hybridized carbons (Fsp3) is 0.538. The van der Waals surface area contributed by atoms with Crippen molar-refractivity contribution >= 4 is 10.0 Å². The predicted octanol–water partition coefficient (Wildman–Crippen LogP) is 1.35. The maximum atomic E-state index is 12.4. The molecule has 0 unspecified atom stereocenters. The number of phenols is 1. The van der Waals surface area contributed by atoms with Crippen LogP contribution in [0.2, 0.25) is 0 Å². The van der Waals surface area contributed by atoms with Gasteiger partial charge in [-0.3, -0.25) is 0 Å². The third-order valence-electron chi connectivity index (χ3n) is 2.84. The van der Waals surface area contributed by atoms with E-state index in [0.717, 1.165) is 13.0 Å². The summed E-state index contributed by atoms with van der Waals surface area (Å²) in [6.45, 7) is 3.61. The molecule has 0 saturated heterocycles. The number of rotatable bonds is 7. The van der Waals surface area contributed by atoms with Crippen LogP contribution in [0.3, 0.4) is 0 Å². The van der Waals surface area contributed by atoms with Crippen molar-refractivity contribution in [1.29, 1.82) is 0 Å². The standard InChI is InChI=1S/C13H22N2O3S/c1-4-15(11-5-10-14(2)3)19(17,18)13-8-6-12(16)7-9-13/h6-9,16H,4-5,10-11H2,1-3H3. The molecule has 5 nitrogen and oxygen atoms in total. The molecule has 0 aromatic heterocycles. The van der Waals surface area contributed by atoms with Crippen molar-refractivity contribution in [3.05, 3.63) is 24.3 Å². The van der Waals surface area contributed by atoms with Crippen LogP contribution in [0, 0.1) is 0 Å². The van der Waals surface area contributed by atoms with Crippen molar-refractivity contribution in [2.24, 2.45) is 0 Å². The SMILES string of the molecule is CCN(CCCN(C)C)S(=O)(=O)c1ccc(O)cc1. The van der Waals surface area contributed by atoms with E-state index in [1.807, 2.05) is 25.9 Å².